The molecule has 2 aliphatic rings. The molecule has 0 spiro atoms. The lowest BCUT2D eigenvalue weighted by Gasteiger charge is -2.38. The molecule has 1 fully saturated rings. The summed E-state index contributed by atoms with van der Waals surface area (Å²) in [5.41, 5.74) is 2.12. The fraction of sp³-hybridized carbons (Fsp3) is 0.480. The summed E-state index contributed by atoms with van der Waals surface area (Å²) < 4.78 is 11.4. The van der Waals surface area contributed by atoms with Gasteiger partial charge in [-0.25, -0.2) is 0 Å². The Kier molecular flexibility index (Phi) is 6.00. The fourth-order valence-electron chi connectivity index (χ4n) is 4.38. The lowest BCUT2D eigenvalue weighted by Crippen LogP contribution is -2.49. The largest absolute Gasteiger partial charge is 0.486 e. The minimum absolute atomic E-state index is 0.177. The highest BCUT2D eigenvalue weighted by Crippen LogP contribution is 2.38. The summed E-state index contributed by atoms with van der Waals surface area (Å²) in [7, 11) is 0. The number of carbonyl (C=O) groups excluding carboxylic acids is 1. The molecule has 4 rings (SSSR count). The van der Waals surface area contributed by atoms with E-state index in [-0.39, 0.29) is 17.5 Å². The molecule has 0 N–H and O–H groups in total. The molecule has 2 aliphatic heterocycles. The maximum Gasteiger partial charge on any atom is 0.237 e. The van der Waals surface area contributed by atoms with E-state index >= 15 is 0 Å². The van der Waals surface area contributed by atoms with E-state index in [1.54, 1.807) is 0 Å². The first-order valence-corrected chi connectivity index (χ1v) is 10.9. The molecule has 0 aliphatic carbocycles. The van der Waals surface area contributed by atoms with Gasteiger partial charge in [0.2, 0.25) is 5.91 Å². The van der Waals surface area contributed by atoms with Crippen LogP contribution < -0.4 is 9.47 Å². The van der Waals surface area contributed by atoms with E-state index in [0.717, 1.165) is 36.4 Å². The highest BCUT2D eigenvalue weighted by atomic mass is 16.6. The van der Waals surface area contributed by atoms with Gasteiger partial charge in [-0.05, 0) is 63.4 Å². The number of amides is 1. The number of hydrogen-bond acceptors (Lipinski definition) is 4. The van der Waals surface area contributed by atoms with E-state index < -0.39 is 0 Å². The van der Waals surface area contributed by atoms with Crippen LogP contribution in [-0.4, -0.2) is 47.5 Å². The molecule has 0 bridgehead atoms. The van der Waals surface area contributed by atoms with Crippen molar-refractivity contribution in [2.75, 3.05) is 26.3 Å². The second-order valence-electron chi connectivity index (χ2n) is 9.17. The van der Waals surface area contributed by atoms with Crippen LogP contribution in [0.1, 0.15) is 50.8 Å². The fourth-order valence-corrected chi connectivity index (χ4v) is 4.38. The Balaban J connectivity index is 1.49. The number of ether oxygens (including phenoxy) is 2. The van der Waals surface area contributed by atoms with Crippen molar-refractivity contribution in [3.63, 3.8) is 0 Å². The van der Waals surface area contributed by atoms with Gasteiger partial charge in [0.1, 0.15) is 13.2 Å². The molecule has 160 valence electrons. The molecular formula is C25H32N2O3. The molecule has 2 heterocycles. The third-order valence-corrected chi connectivity index (χ3v) is 5.95. The zero-order valence-electron chi connectivity index (χ0n) is 18.3. The molecule has 0 aromatic heterocycles. The van der Waals surface area contributed by atoms with E-state index in [0.29, 0.717) is 26.3 Å². The highest BCUT2D eigenvalue weighted by molar-refractivity contribution is 5.79. The van der Waals surface area contributed by atoms with Gasteiger partial charge in [0, 0.05) is 18.1 Å². The number of carbonyl (C=O) groups is 1. The molecular weight excluding hydrogens is 376 g/mol. The average molecular weight is 409 g/mol. The van der Waals surface area contributed by atoms with Crippen LogP contribution in [0.5, 0.6) is 11.5 Å². The van der Waals surface area contributed by atoms with Gasteiger partial charge < -0.3 is 14.4 Å². The summed E-state index contributed by atoms with van der Waals surface area (Å²) in [5.74, 6) is 1.81. The van der Waals surface area contributed by atoms with Crippen LogP contribution in [0.2, 0.25) is 0 Å². The second-order valence-corrected chi connectivity index (χ2v) is 9.17. The molecule has 0 unspecified atom stereocenters. The number of rotatable bonds is 5. The predicted octanol–water partition coefficient (Wildman–Crippen LogP) is 4.42. The quantitative estimate of drug-likeness (QED) is 0.734. The summed E-state index contributed by atoms with van der Waals surface area (Å²) >= 11 is 0. The van der Waals surface area contributed by atoms with E-state index in [2.05, 4.69) is 49.9 Å². The van der Waals surface area contributed by atoms with Gasteiger partial charge in [-0.2, -0.15) is 0 Å². The first-order chi connectivity index (χ1) is 14.4. The Morgan fingerprint density at radius 2 is 1.80 bits per heavy atom. The van der Waals surface area contributed by atoms with E-state index in [4.69, 9.17) is 9.47 Å². The molecule has 2 aromatic rings. The molecule has 0 saturated carbocycles. The summed E-state index contributed by atoms with van der Waals surface area (Å²) in [5, 5.41) is 0. The van der Waals surface area contributed by atoms with Crippen LogP contribution in [0.15, 0.2) is 48.5 Å². The Bertz CT molecular complexity index is 876. The number of benzene rings is 2. The SMILES string of the molecule is CC(C)(C)N(Cc1ccccc1)C(=O)CN1CCC[C@H]1c1ccc2c(c1)OCCO2. The topological polar surface area (TPSA) is 42.0 Å². The van der Waals surface area contributed by atoms with Gasteiger partial charge in [-0.3, -0.25) is 9.69 Å². The van der Waals surface area contributed by atoms with Crippen molar-refractivity contribution < 1.29 is 14.3 Å². The maximum absolute atomic E-state index is 13.4. The molecule has 30 heavy (non-hydrogen) atoms. The molecule has 2 aromatic carbocycles. The van der Waals surface area contributed by atoms with Crippen LogP contribution in [-0.2, 0) is 11.3 Å². The number of likely N-dealkylation sites (tertiary alicyclic amines) is 1. The molecule has 1 amide bonds. The monoisotopic (exact) mass is 408 g/mol. The standard InChI is InChI=1S/C25H32N2O3/c1-25(2,3)27(17-19-8-5-4-6-9-19)24(28)18-26-13-7-10-21(26)20-11-12-22-23(16-20)30-15-14-29-22/h4-6,8-9,11-12,16,21H,7,10,13-15,17-18H2,1-3H3/t21-/m0/s1. The van der Waals surface area contributed by atoms with Gasteiger partial charge in [-0.15, -0.1) is 0 Å². The lowest BCUT2D eigenvalue weighted by molar-refractivity contribution is -0.138. The number of nitrogens with zero attached hydrogens (tertiary/aromatic N) is 2. The number of fused-ring (bicyclic) bond motifs is 1. The van der Waals surface area contributed by atoms with Crippen molar-refractivity contribution in [1.82, 2.24) is 9.80 Å². The Morgan fingerprint density at radius 1 is 1.07 bits per heavy atom. The van der Waals surface area contributed by atoms with Crippen molar-refractivity contribution in [2.45, 2.75) is 51.7 Å². The van der Waals surface area contributed by atoms with Crippen molar-refractivity contribution >= 4 is 5.91 Å². The average Bonchev–Trinajstić information content (AvgIpc) is 3.19. The smallest absolute Gasteiger partial charge is 0.237 e. The van der Waals surface area contributed by atoms with Crippen LogP contribution in [0.25, 0.3) is 0 Å². The first-order valence-electron chi connectivity index (χ1n) is 10.9. The summed E-state index contributed by atoms with van der Waals surface area (Å²) in [6, 6.07) is 16.7. The van der Waals surface area contributed by atoms with Crippen LogP contribution >= 0.6 is 0 Å². The van der Waals surface area contributed by atoms with Crippen molar-refractivity contribution in [3.8, 4) is 11.5 Å². The molecule has 1 saturated heterocycles. The van der Waals surface area contributed by atoms with E-state index in [1.807, 2.05) is 29.2 Å². The summed E-state index contributed by atoms with van der Waals surface area (Å²) in [4.78, 5) is 17.7. The van der Waals surface area contributed by atoms with Crippen molar-refractivity contribution in [2.24, 2.45) is 0 Å². The van der Waals surface area contributed by atoms with Crippen LogP contribution in [0.3, 0.4) is 0 Å². The van der Waals surface area contributed by atoms with Crippen molar-refractivity contribution in [1.29, 1.82) is 0 Å². The van der Waals surface area contributed by atoms with Crippen LogP contribution in [0, 0.1) is 0 Å². The molecule has 0 radical (unpaired) electrons. The van der Waals surface area contributed by atoms with Gasteiger partial charge in [0.05, 0.1) is 6.54 Å². The summed E-state index contributed by atoms with van der Waals surface area (Å²) in [6.07, 6.45) is 2.15. The van der Waals surface area contributed by atoms with E-state index in [1.165, 1.54) is 5.56 Å². The highest BCUT2D eigenvalue weighted by Gasteiger charge is 2.33. The minimum Gasteiger partial charge on any atom is -0.486 e. The minimum atomic E-state index is -0.237. The Hall–Kier alpha value is -2.53. The lowest BCUT2D eigenvalue weighted by atomic mass is 10.0. The van der Waals surface area contributed by atoms with Crippen LogP contribution in [0.4, 0.5) is 0 Å². The first kappa shape index (κ1) is 20.7. The second kappa shape index (κ2) is 8.68. The third-order valence-electron chi connectivity index (χ3n) is 5.95. The molecule has 5 nitrogen and oxygen atoms in total. The van der Waals surface area contributed by atoms with Gasteiger partial charge in [0.25, 0.3) is 0 Å². The molecule has 1 atom stereocenters. The predicted molar refractivity (Wildman–Crippen MR) is 118 cm³/mol. The van der Waals surface area contributed by atoms with Gasteiger partial charge in [0.15, 0.2) is 11.5 Å². The third kappa shape index (κ3) is 4.62. The molecule has 5 heteroatoms. The number of hydrogen-bond donors (Lipinski definition) is 0. The Morgan fingerprint density at radius 3 is 2.53 bits per heavy atom. The summed E-state index contributed by atoms with van der Waals surface area (Å²) in [6.45, 7) is 9.51. The Labute approximate surface area is 179 Å². The van der Waals surface area contributed by atoms with Crippen molar-refractivity contribution in [3.05, 3.63) is 59.7 Å². The maximum atomic E-state index is 13.4. The zero-order chi connectivity index (χ0) is 21.1. The van der Waals surface area contributed by atoms with Gasteiger partial charge in [-0.1, -0.05) is 36.4 Å². The van der Waals surface area contributed by atoms with E-state index in [9.17, 15) is 4.79 Å². The zero-order valence-corrected chi connectivity index (χ0v) is 18.3. The van der Waals surface area contributed by atoms with Gasteiger partial charge >= 0.3 is 0 Å². The normalized spacial score (nSPS) is 19.0.